The standard InChI is InChI=1S/C30H35N/c1-29(2)19-10-8-14-24(29)21-23-13-12-18-28(31-26-16-6-5-7-17-26)27(23)22-25-15-9-11-20-30(25,3)4/h5-20,24-25,31H,21-22H2,1-4H3. The summed E-state index contributed by atoms with van der Waals surface area (Å²) in [6.07, 6.45) is 20.3. The Labute approximate surface area is 188 Å². The van der Waals surface area contributed by atoms with Gasteiger partial charge in [-0.05, 0) is 64.8 Å². The highest BCUT2D eigenvalue weighted by Crippen LogP contribution is 2.40. The SMILES string of the molecule is CC1(C)C=CC=CC1Cc1cccc(Nc2ccccc2)c1CC1C=CC=CC1(C)C. The van der Waals surface area contributed by atoms with Gasteiger partial charge in [-0.15, -0.1) is 0 Å². The van der Waals surface area contributed by atoms with E-state index in [9.17, 15) is 0 Å². The number of para-hydroxylation sites is 1. The zero-order valence-corrected chi connectivity index (χ0v) is 19.3. The smallest absolute Gasteiger partial charge is 0.0419 e. The maximum Gasteiger partial charge on any atom is 0.0419 e. The van der Waals surface area contributed by atoms with Crippen LogP contribution < -0.4 is 5.32 Å². The van der Waals surface area contributed by atoms with Gasteiger partial charge in [-0.2, -0.15) is 0 Å². The summed E-state index contributed by atoms with van der Waals surface area (Å²) in [5.41, 5.74) is 5.59. The van der Waals surface area contributed by atoms with E-state index in [0.29, 0.717) is 11.8 Å². The molecule has 0 aromatic heterocycles. The number of allylic oxidation sites excluding steroid dienone is 8. The summed E-state index contributed by atoms with van der Waals surface area (Å²) in [7, 11) is 0. The van der Waals surface area contributed by atoms with Crippen LogP contribution in [0.4, 0.5) is 11.4 Å². The van der Waals surface area contributed by atoms with Crippen molar-refractivity contribution in [2.75, 3.05) is 5.32 Å². The first kappa shape index (κ1) is 21.4. The van der Waals surface area contributed by atoms with Gasteiger partial charge >= 0.3 is 0 Å². The summed E-state index contributed by atoms with van der Waals surface area (Å²) in [5.74, 6) is 0.975. The van der Waals surface area contributed by atoms with Gasteiger partial charge in [0.15, 0.2) is 0 Å². The van der Waals surface area contributed by atoms with Gasteiger partial charge in [0.2, 0.25) is 0 Å². The highest BCUT2D eigenvalue weighted by Gasteiger charge is 2.30. The minimum absolute atomic E-state index is 0.151. The Bertz CT molecular complexity index is 1020. The molecule has 0 radical (unpaired) electrons. The molecule has 0 saturated heterocycles. The number of rotatable bonds is 6. The zero-order chi connectivity index (χ0) is 21.9. The number of hydrogen-bond acceptors (Lipinski definition) is 1. The summed E-state index contributed by atoms with van der Waals surface area (Å²) in [5, 5.41) is 3.71. The van der Waals surface area contributed by atoms with Crippen molar-refractivity contribution in [1.29, 1.82) is 0 Å². The number of nitrogens with one attached hydrogen (secondary N) is 1. The van der Waals surface area contributed by atoms with Gasteiger partial charge in [-0.25, -0.2) is 0 Å². The van der Waals surface area contributed by atoms with E-state index in [-0.39, 0.29) is 10.8 Å². The maximum absolute atomic E-state index is 3.71. The van der Waals surface area contributed by atoms with E-state index in [4.69, 9.17) is 0 Å². The first-order valence-electron chi connectivity index (χ1n) is 11.5. The molecule has 2 atom stereocenters. The number of hydrogen-bond donors (Lipinski definition) is 1. The third-order valence-electron chi connectivity index (χ3n) is 7.06. The molecule has 0 saturated carbocycles. The van der Waals surface area contributed by atoms with Crippen molar-refractivity contribution < 1.29 is 0 Å². The maximum atomic E-state index is 3.71. The molecule has 0 fully saturated rings. The molecule has 2 unspecified atom stereocenters. The van der Waals surface area contributed by atoms with Crippen LogP contribution in [-0.2, 0) is 12.8 Å². The predicted octanol–water partition coefficient (Wildman–Crippen LogP) is 8.05. The van der Waals surface area contributed by atoms with Crippen LogP contribution in [-0.4, -0.2) is 0 Å². The Kier molecular flexibility index (Phi) is 6.05. The lowest BCUT2D eigenvalue weighted by Gasteiger charge is -2.35. The monoisotopic (exact) mass is 409 g/mol. The first-order chi connectivity index (χ1) is 14.9. The second-order valence-electron chi connectivity index (χ2n) is 10.2. The third-order valence-corrected chi connectivity index (χ3v) is 7.06. The van der Waals surface area contributed by atoms with Crippen molar-refractivity contribution in [3.05, 3.63) is 108 Å². The van der Waals surface area contributed by atoms with E-state index in [1.807, 2.05) is 0 Å². The fraction of sp³-hybridized carbons (Fsp3) is 0.333. The molecule has 0 spiro atoms. The lowest BCUT2D eigenvalue weighted by Crippen LogP contribution is -2.26. The summed E-state index contributed by atoms with van der Waals surface area (Å²) in [4.78, 5) is 0. The Morgan fingerprint density at radius 1 is 0.677 bits per heavy atom. The number of anilines is 2. The molecular weight excluding hydrogens is 374 g/mol. The molecule has 0 heterocycles. The summed E-state index contributed by atoms with van der Waals surface area (Å²) in [6, 6.07) is 17.3. The van der Waals surface area contributed by atoms with Crippen LogP contribution in [0.15, 0.2) is 97.1 Å². The average Bonchev–Trinajstić information content (AvgIpc) is 2.73. The molecule has 1 N–H and O–H groups in total. The zero-order valence-electron chi connectivity index (χ0n) is 19.3. The van der Waals surface area contributed by atoms with Gasteiger partial charge in [0.25, 0.3) is 0 Å². The van der Waals surface area contributed by atoms with Crippen LogP contribution in [0.5, 0.6) is 0 Å². The Morgan fingerprint density at radius 3 is 1.90 bits per heavy atom. The van der Waals surface area contributed by atoms with Crippen LogP contribution in [0.3, 0.4) is 0 Å². The second kappa shape index (κ2) is 8.75. The van der Waals surface area contributed by atoms with E-state index < -0.39 is 0 Å². The van der Waals surface area contributed by atoms with Crippen molar-refractivity contribution in [2.24, 2.45) is 22.7 Å². The minimum Gasteiger partial charge on any atom is -0.355 e. The molecule has 0 aliphatic heterocycles. The van der Waals surface area contributed by atoms with Crippen LogP contribution in [0, 0.1) is 22.7 Å². The van der Waals surface area contributed by atoms with Gasteiger partial charge in [0.05, 0.1) is 0 Å². The molecule has 4 rings (SSSR count). The van der Waals surface area contributed by atoms with Crippen molar-refractivity contribution in [3.8, 4) is 0 Å². The summed E-state index contributed by atoms with van der Waals surface area (Å²) >= 11 is 0. The third kappa shape index (κ3) is 4.93. The molecule has 2 aliphatic rings. The van der Waals surface area contributed by atoms with Gasteiger partial charge < -0.3 is 5.32 Å². The summed E-state index contributed by atoms with van der Waals surface area (Å²) < 4.78 is 0. The van der Waals surface area contributed by atoms with Gasteiger partial charge in [-0.3, -0.25) is 0 Å². The van der Waals surface area contributed by atoms with Gasteiger partial charge in [-0.1, -0.05) is 107 Å². The largest absolute Gasteiger partial charge is 0.355 e. The summed E-state index contributed by atoms with van der Waals surface area (Å²) in [6.45, 7) is 9.40. The van der Waals surface area contributed by atoms with Crippen LogP contribution in [0.2, 0.25) is 0 Å². The van der Waals surface area contributed by atoms with E-state index in [0.717, 1.165) is 18.5 Å². The molecule has 1 heteroatoms. The molecule has 0 amide bonds. The molecule has 0 bridgehead atoms. The normalized spacial score (nSPS) is 23.1. The first-order valence-corrected chi connectivity index (χ1v) is 11.5. The molecule has 2 aromatic carbocycles. The van der Waals surface area contributed by atoms with E-state index in [2.05, 4.69) is 130 Å². The topological polar surface area (TPSA) is 12.0 Å². The quantitative estimate of drug-likeness (QED) is 0.509. The van der Waals surface area contributed by atoms with Crippen molar-refractivity contribution in [2.45, 2.75) is 40.5 Å². The lowest BCUT2D eigenvalue weighted by atomic mass is 9.70. The molecule has 31 heavy (non-hydrogen) atoms. The fourth-order valence-electron chi connectivity index (χ4n) is 4.73. The molecule has 160 valence electrons. The lowest BCUT2D eigenvalue weighted by molar-refractivity contribution is 0.328. The Hall–Kier alpha value is -2.80. The highest BCUT2D eigenvalue weighted by atomic mass is 14.9. The van der Waals surface area contributed by atoms with E-state index in [1.165, 1.54) is 16.8 Å². The molecule has 1 nitrogen and oxygen atoms in total. The van der Waals surface area contributed by atoms with E-state index >= 15 is 0 Å². The van der Waals surface area contributed by atoms with Gasteiger partial charge in [0.1, 0.15) is 0 Å². The number of benzene rings is 2. The molecule has 2 aliphatic carbocycles. The molecular formula is C30H35N. The Morgan fingerprint density at radius 2 is 1.29 bits per heavy atom. The molecule has 2 aromatic rings. The minimum atomic E-state index is 0.151. The second-order valence-corrected chi connectivity index (χ2v) is 10.2. The van der Waals surface area contributed by atoms with Crippen LogP contribution >= 0.6 is 0 Å². The van der Waals surface area contributed by atoms with Crippen molar-refractivity contribution in [3.63, 3.8) is 0 Å². The highest BCUT2D eigenvalue weighted by molar-refractivity contribution is 5.65. The predicted molar refractivity (Wildman–Crippen MR) is 135 cm³/mol. The average molecular weight is 410 g/mol. The van der Waals surface area contributed by atoms with Gasteiger partial charge in [0, 0.05) is 11.4 Å². The van der Waals surface area contributed by atoms with Crippen LogP contribution in [0.25, 0.3) is 0 Å². The van der Waals surface area contributed by atoms with Crippen molar-refractivity contribution in [1.82, 2.24) is 0 Å². The Balaban J connectivity index is 1.71. The fourth-order valence-corrected chi connectivity index (χ4v) is 4.73. The van der Waals surface area contributed by atoms with Crippen molar-refractivity contribution >= 4 is 11.4 Å². The van der Waals surface area contributed by atoms with Crippen LogP contribution in [0.1, 0.15) is 38.8 Å². The van der Waals surface area contributed by atoms with E-state index in [1.54, 1.807) is 0 Å².